The monoisotopic (exact) mass is 357 g/mol. The van der Waals surface area contributed by atoms with E-state index in [2.05, 4.69) is 12.2 Å². The van der Waals surface area contributed by atoms with Crippen molar-refractivity contribution in [1.82, 2.24) is 0 Å². The number of aryl methyl sites for hydroxylation is 1. The van der Waals surface area contributed by atoms with E-state index >= 15 is 0 Å². The molecule has 22 heavy (non-hydrogen) atoms. The van der Waals surface area contributed by atoms with E-state index < -0.39 is 0 Å². The summed E-state index contributed by atoms with van der Waals surface area (Å²) in [5, 5.41) is 3.76. The van der Waals surface area contributed by atoms with Crippen LogP contribution in [-0.2, 0) is 17.8 Å². The second kappa shape index (κ2) is 7.82. The van der Waals surface area contributed by atoms with Gasteiger partial charge < -0.3 is 5.32 Å². The van der Waals surface area contributed by atoms with Gasteiger partial charge in [0.25, 0.3) is 5.91 Å². The predicted octanol–water partition coefficient (Wildman–Crippen LogP) is 4.53. The number of carbonyl (C=O) groups is 1. The van der Waals surface area contributed by atoms with Crippen LogP contribution in [0.5, 0.6) is 0 Å². The summed E-state index contributed by atoms with van der Waals surface area (Å²) in [6.45, 7) is 2.32. The number of benzene rings is 1. The molecule has 0 aliphatic rings. The predicted molar refractivity (Wildman–Crippen MR) is 90.7 cm³/mol. The first-order chi connectivity index (χ1) is 10.5. The van der Waals surface area contributed by atoms with Gasteiger partial charge in [0.1, 0.15) is 0 Å². The third kappa shape index (κ3) is 4.60. The summed E-state index contributed by atoms with van der Waals surface area (Å²) >= 11 is 17.9. The van der Waals surface area contributed by atoms with Gasteiger partial charge in [-0.15, -0.1) is 0 Å². The fourth-order valence-corrected chi connectivity index (χ4v) is 2.97. The van der Waals surface area contributed by atoms with E-state index in [4.69, 9.17) is 34.8 Å². The van der Waals surface area contributed by atoms with Crippen molar-refractivity contribution in [2.24, 2.45) is 0 Å². The maximum Gasteiger partial charge on any atom is 0.290 e. The number of anilines is 1. The lowest BCUT2D eigenvalue weighted by atomic mass is 10.2. The maximum absolute atomic E-state index is 12.1. The molecule has 1 aromatic carbocycles. The van der Waals surface area contributed by atoms with Crippen LogP contribution in [0, 0.1) is 0 Å². The van der Waals surface area contributed by atoms with E-state index in [0.29, 0.717) is 20.8 Å². The Morgan fingerprint density at radius 2 is 1.73 bits per heavy atom. The van der Waals surface area contributed by atoms with Gasteiger partial charge in [-0.05, 0) is 24.1 Å². The summed E-state index contributed by atoms with van der Waals surface area (Å²) in [6, 6.07) is 7.10. The van der Waals surface area contributed by atoms with Crippen molar-refractivity contribution in [3.8, 4) is 0 Å². The van der Waals surface area contributed by atoms with Gasteiger partial charge in [0.2, 0.25) is 6.54 Å². The zero-order chi connectivity index (χ0) is 16.1. The Balaban J connectivity index is 2.04. The number of nitrogens with zero attached hydrogens (tertiary/aromatic N) is 1. The van der Waals surface area contributed by atoms with Crippen LogP contribution in [0.1, 0.15) is 18.9 Å². The number of hydrogen-bond acceptors (Lipinski definition) is 1. The number of carbonyl (C=O) groups excluding carboxylic acids is 1. The van der Waals surface area contributed by atoms with Gasteiger partial charge in [0.15, 0.2) is 12.4 Å². The lowest BCUT2D eigenvalue weighted by Gasteiger charge is -2.08. The Hall–Kier alpha value is -1.29. The first-order valence-electron chi connectivity index (χ1n) is 6.92. The molecular weight excluding hydrogens is 343 g/mol. The SMILES string of the molecule is CCCc1cc[n+](CC(=O)Nc2c(Cl)cc(Cl)cc2Cl)cc1. The van der Waals surface area contributed by atoms with E-state index in [0.717, 1.165) is 12.8 Å². The molecule has 2 rings (SSSR count). The van der Waals surface area contributed by atoms with Gasteiger partial charge in [-0.1, -0.05) is 48.1 Å². The average molecular weight is 359 g/mol. The highest BCUT2D eigenvalue weighted by Crippen LogP contribution is 2.33. The normalized spacial score (nSPS) is 10.5. The number of halogens is 3. The van der Waals surface area contributed by atoms with Gasteiger partial charge >= 0.3 is 0 Å². The second-order valence-electron chi connectivity index (χ2n) is 4.92. The summed E-state index contributed by atoms with van der Waals surface area (Å²) in [7, 11) is 0. The molecule has 6 heteroatoms. The molecule has 0 fully saturated rings. The topological polar surface area (TPSA) is 33.0 Å². The molecule has 0 bridgehead atoms. The van der Waals surface area contributed by atoms with Crippen LogP contribution in [0.15, 0.2) is 36.7 Å². The number of nitrogens with one attached hydrogen (secondary N) is 1. The van der Waals surface area contributed by atoms with Gasteiger partial charge in [0.05, 0.1) is 15.7 Å². The van der Waals surface area contributed by atoms with Crippen LogP contribution in [0.2, 0.25) is 15.1 Å². The number of aromatic nitrogens is 1. The van der Waals surface area contributed by atoms with Crippen molar-refractivity contribution < 1.29 is 9.36 Å². The molecule has 0 radical (unpaired) electrons. The minimum Gasteiger partial charge on any atom is -0.318 e. The summed E-state index contributed by atoms with van der Waals surface area (Å²) < 4.78 is 1.80. The van der Waals surface area contributed by atoms with E-state index in [1.807, 2.05) is 24.5 Å². The van der Waals surface area contributed by atoms with Crippen LogP contribution in [0.3, 0.4) is 0 Å². The number of hydrogen-bond donors (Lipinski definition) is 1. The Kier molecular flexibility index (Phi) is 6.07. The van der Waals surface area contributed by atoms with E-state index in [9.17, 15) is 4.79 Å². The lowest BCUT2D eigenvalue weighted by Crippen LogP contribution is -2.39. The third-order valence-electron chi connectivity index (χ3n) is 3.10. The van der Waals surface area contributed by atoms with Crippen LogP contribution in [0.25, 0.3) is 0 Å². The van der Waals surface area contributed by atoms with E-state index in [-0.39, 0.29) is 12.5 Å². The molecule has 2 aromatic rings. The van der Waals surface area contributed by atoms with Gasteiger partial charge in [-0.3, -0.25) is 4.79 Å². The Bertz CT molecular complexity index is 649. The van der Waals surface area contributed by atoms with Crippen molar-refractivity contribution in [3.63, 3.8) is 0 Å². The molecule has 1 amide bonds. The zero-order valence-electron chi connectivity index (χ0n) is 12.1. The van der Waals surface area contributed by atoms with Crippen LogP contribution < -0.4 is 9.88 Å². The highest BCUT2D eigenvalue weighted by molar-refractivity contribution is 6.42. The average Bonchev–Trinajstić information content (AvgIpc) is 2.45. The standard InChI is InChI=1S/C16H15Cl3N2O/c1-2-3-11-4-6-21(7-5-11)10-15(22)20-16-13(18)8-12(17)9-14(16)19/h4-9H,2-3,10H2,1H3/p+1. The Morgan fingerprint density at radius 3 is 2.27 bits per heavy atom. The second-order valence-corrected chi connectivity index (χ2v) is 6.17. The highest BCUT2D eigenvalue weighted by Gasteiger charge is 2.14. The summed E-state index contributed by atoms with van der Waals surface area (Å²) in [4.78, 5) is 12.1. The quantitative estimate of drug-likeness (QED) is 0.783. The molecule has 0 unspecified atom stereocenters. The first kappa shape index (κ1) is 17.1. The van der Waals surface area contributed by atoms with E-state index in [1.54, 1.807) is 4.57 Å². The van der Waals surface area contributed by atoms with Crippen molar-refractivity contribution in [1.29, 1.82) is 0 Å². The minimum absolute atomic E-state index is 0.182. The van der Waals surface area contributed by atoms with Crippen molar-refractivity contribution in [3.05, 3.63) is 57.3 Å². The van der Waals surface area contributed by atoms with Crippen molar-refractivity contribution >= 4 is 46.4 Å². The summed E-state index contributed by atoms with van der Waals surface area (Å²) in [6.07, 6.45) is 5.90. The molecule has 1 N–H and O–H groups in total. The number of amides is 1. The molecule has 0 atom stereocenters. The summed E-state index contributed by atoms with van der Waals surface area (Å²) in [5.41, 5.74) is 1.63. The molecule has 116 valence electrons. The molecule has 0 saturated heterocycles. The van der Waals surface area contributed by atoms with Crippen LogP contribution in [-0.4, -0.2) is 5.91 Å². The number of pyridine rings is 1. The third-order valence-corrected chi connectivity index (χ3v) is 3.91. The molecule has 3 nitrogen and oxygen atoms in total. The van der Waals surface area contributed by atoms with Crippen LogP contribution >= 0.6 is 34.8 Å². The molecular formula is C16H16Cl3N2O+. The van der Waals surface area contributed by atoms with Crippen molar-refractivity contribution in [2.45, 2.75) is 26.3 Å². The Labute approximate surface area is 144 Å². The molecule has 1 aromatic heterocycles. The zero-order valence-corrected chi connectivity index (χ0v) is 14.3. The fraction of sp³-hybridized carbons (Fsp3) is 0.250. The first-order valence-corrected chi connectivity index (χ1v) is 8.05. The molecule has 0 aliphatic heterocycles. The molecule has 0 saturated carbocycles. The Morgan fingerprint density at radius 1 is 1.14 bits per heavy atom. The summed E-state index contributed by atoms with van der Waals surface area (Å²) in [5.74, 6) is -0.209. The highest BCUT2D eigenvalue weighted by atomic mass is 35.5. The molecule has 1 heterocycles. The molecule has 0 spiro atoms. The van der Waals surface area contributed by atoms with Gasteiger partial charge in [0, 0.05) is 17.2 Å². The molecule has 0 aliphatic carbocycles. The largest absolute Gasteiger partial charge is 0.318 e. The number of rotatable bonds is 5. The smallest absolute Gasteiger partial charge is 0.290 e. The van der Waals surface area contributed by atoms with Gasteiger partial charge in [-0.25, -0.2) is 0 Å². The van der Waals surface area contributed by atoms with Gasteiger partial charge in [-0.2, -0.15) is 4.57 Å². The minimum atomic E-state index is -0.209. The maximum atomic E-state index is 12.1. The lowest BCUT2D eigenvalue weighted by molar-refractivity contribution is -0.684. The van der Waals surface area contributed by atoms with Crippen molar-refractivity contribution in [2.75, 3.05) is 5.32 Å². The van der Waals surface area contributed by atoms with Crippen LogP contribution in [0.4, 0.5) is 5.69 Å². The van der Waals surface area contributed by atoms with E-state index in [1.165, 1.54) is 17.7 Å². The fourth-order valence-electron chi connectivity index (χ4n) is 2.06.